The molecule has 4 heteroatoms. The normalized spacial score (nSPS) is 11.7. The molecule has 0 amide bonds. The Kier molecular flexibility index (Phi) is 4.84. The Morgan fingerprint density at radius 1 is 1.33 bits per heavy atom. The molecule has 0 aliphatic carbocycles. The zero-order valence-corrected chi connectivity index (χ0v) is 11.9. The highest BCUT2D eigenvalue weighted by Crippen LogP contribution is 2.28. The highest BCUT2D eigenvalue weighted by Gasteiger charge is 2.17. The number of nitrogens with two attached hydrogens (primary N) is 1. The van der Waals surface area contributed by atoms with E-state index in [1.807, 2.05) is 32.0 Å². The van der Waals surface area contributed by atoms with Gasteiger partial charge in [-0.3, -0.25) is 0 Å². The van der Waals surface area contributed by atoms with Crippen LogP contribution in [0.4, 0.5) is 11.4 Å². The second-order valence-electron chi connectivity index (χ2n) is 5.36. The van der Waals surface area contributed by atoms with Gasteiger partial charge in [-0.1, -0.05) is 0 Å². The first-order chi connectivity index (χ1) is 8.34. The molecule has 0 saturated carbocycles. The summed E-state index contributed by atoms with van der Waals surface area (Å²) in [5, 5.41) is 3.40. The van der Waals surface area contributed by atoms with Gasteiger partial charge >= 0.3 is 0 Å². The third-order valence-electron chi connectivity index (χ3n) is 2.36. The van der Waals surface area contributed by atoms with Crippen LogP contribution < -0.4 is 15.8 Å². The Balaban J connectivity index is 2.84. The highest BCUT2D eigenvalue weighted by atomic mass is 16.5. The summed E-state index contributed by atoms with van der Waals surface area (Å²) < 4.78 is 10.8. The molecule has 0 aromatic heterocycles. The van der Waals surface area contributed by atoms with Crippen molar-refractivity contribution in [3.63, 3.8) is 0 Å². The van der Waals surface area contributed by atoms with Gasteiger partial charge in [-0.15, -0.1) is 0 Å². The molecule has 0 unspecified atom stereocenters. The minimum atomic E-state index is -0.139. The zero-order chi connectivity index (χ0) is 13.8. The summed E-state index contributed by atoms with van der Waals surface area (Å²) in [7, 11) is 1.69. The zero-order valence-electron chi connectivity index (χ0n) is 11.9. The van der Waals surface area contributed by atoms with E-state index >= 15 is 0 Å². The lowest BCUT2D eigenvalue weighted by Gasteiger charge is -2.27. The first kappa shape index (κ1) is 14.6. The number of hydrogen-bond donors (Lipinski definition) is 2. The first-order valence-electron chi connectivity index (χ1n) is 6.17. The van der Waals surface area contributed by atoms with Crippen LogP contribution in [-0.2, 0) is 4.74 Å². The molecule has 0 saturated heterocycles. The van der Waals surface area contributed by atoms with Gasteiger partial charge in [0.25, 0.3) is 0 Å². The van der Waals surface area contributed by atoms with Crippen LogP contribution in [0, 0.1) is 0 Å². The number of anilines is 2. The highest BCUT2D eigenvalue weighted by molar-refractivity contribution is 5.62. The SMILES string of the molecule is COCC(C)(C)Nc1ccc(N)c(OC(C)C)c1. The van der Waals surface area contributed by atoms with E-state index in [0.717, 1.165) is 5.69 Å². The van der Waals surface area contributed by atoms with E-state index < -0.39 is 0 Å². The average molecular weight is 252 g/mol. The molecule has 0 spiro atoms. The smallest absolute Gasteiger partial charge is 0.144 e. The maximum Gasteiger partial charge on any atom is 0.144 e. The van der Waals surface area contributed by atoms with Crippen LogP contribution >= 0.6 is 0 Å². The van der Waals surface area contributed by atoms with E-state index in [1.54, 1.807) is 7.11 Å². The fourth-order valence-corrected chi connectivity index (χ4v) is 1.76. The lowest BCUT2D eigenvalue weighted by molar-refractivity contribution is 0.158. The van der Waals surface area contributed by atoms with Gasteiger partial charge in [0.15, 0.2) is 0 Å². The van der Waals surface area contributed by atoms with Crippen molar-refractivity contribution in [2.45, 2.75) is 39.3 Å². The van der Waals surface area contributed by atoms with Crippen molar-refractivity contribution in [1.29, 1.82) is 0 Å². The van der Waals surface area contributed by atoms with Crippen molar-refractivity contribution in [3.05, 3.63) is 18.2 Å². The van der Waals surface area contributed by atoms with Gasteiger partial charge in [-0.25, -0.2) is 0 Å². The summed E-state index contributed by atoms with van der Waals surface area (Å²) >= 11 is 0. The van der Waals surface area contributed by atoms with Crippen LogP contribution in [0.2, 0.25) is 0 Å². The lowest BCUT2D eigenvalue weighted by atomic mass is 10.1. The van der Waals surface area contributed by atoms with E-state index in [0.29, 0.717) is 18.0 Å². The van der Waals surface area contributed by atoms with Crippen LogP contribution in [0.25, 0.3) is 0 Å². The van der Waals surface area contributed by atoms with E-state index in [1.165, 1.54) is 0 Å². The summed E-state index contributed by atoms with van der Waals surface area (Å²) in [6, 6.07) is 5.72. The molecule has 0 bridgehead atoms. The topological polar surface area (TPSA) is 56.5 Å². The van der Waals surface area contributed by atoms with Gasteiger partial charge in [0.05, 0.1) is 23.9 Å². The summed E-state index contributed by atoms with van der Waals surface area (Å²) in [6.07, 6.45) is 0.106. The molecule has 4 nitrogen and oxygen atoms in total. The van der Waals surface area contributed by atoms with Gasteiger partial charge in [0.2, 0.25) is 0 Å². The number of ether oxygens (including phenoxy) is 2. The molecule has 0 atom stereocenters. The Morgan fingerprint density at radius 2 is 2.00 bits per heavy atom. The molecule has 0 radical (unpaired) electrons. The van der Waals surface area contributed by atoms with Crippen molar-refractivity contribution in [2.24, 2.45) is 0 Å². The van der Waals surface area contributed by atoms with Crippen LogP contribution in [0.5, 0.6) is 5.75 Å². The predicted octanol–water partition coefficient (Wildman–Crippen LogP) is 2.89. The Labute approximate surface area is 109 Å². The molecule has 0 aliphatic rings. The number of nitrogen functional groups attached to an aromatic ring is 1. The van der Waals surface area contributed by atoms with Gasteiger partial charge in [0.1, 0.15) is 5.75 Å². The fraction of sp³-hybridized carbons (Fsp3) is 0.571. The van der Waals surface area contributed by atoms with Gasteiger partial charge in [0, 0.05) is 18.9 Å². The molecular formula is C14H24N2O2. The van der Waals surface area contributed by atoms with Crippen LogP contribution in [-0.4, -0.2) is 25.4 Å². The maximum absolute atomic E-state index is 5.88. The number of hydrogen-bond acceptors (Lipinski definition) is 4. The Hall–Kier alpha value is -1.42. The molecular weight excluding hydrogens is 228 g/mol. The Bertz CT molecular complexity index is 389. The van der Waals surface area contributed by atoms with Crippen LogP contribution in [0.15, 0.2) is 18.2 Å². The molecule has 102 valence electrons. The molecule has 0 heterocycles. The molecule has 18 heavy (non-hydrogen) atoms. The van der Waals surface area contributed by atoms with E-state index in [2.05, 4.69) is 19.2 Å². The minimum Gasteiger partial charge on any atom is -0.489 e. The predicted molar refractivity (Wildman–Crippen MR) is 76.2 cm³/mol. The van der Waals surface area contributed by atoms with E-state index in [4.69, 9.17) is 15.2 Å². The Morgan fingerprint density at radius 3 is 2.56 bits per heavy atom. The van der Waals surface area contributed by atoms with Crippen molar-refractivity contribution in [1.82, 2.24) is 0 Å². The molecule has 1 aromatic rings. The summed E-state index contributed by atoms with van der Waals surface area (Å²) in [5.74, 6) is 0.711. The lowest BCUT2D eigenvalue weighted by Crippen LogP contribution is -2.35. The third kappa shape index (κ3) is 4.45. The minimum absolute atomic E-state index is 0.106. The summed E-state index contributed by atoms with van der Waals surface area (Å²) in [4.78, 5) is 0. The molecule has 1 rings (SSSR count). The number of rotatable bonds is 6. The third-order valence-corrected chi connectivity index (χ3v) is 2.36. The molecule has 3 N–H and O–H groups in total. The van der Waals surface area contributed by atoms with Gasteiger partial charge in [-0.2, -0.15) is 0 Å². The van der Waals surface area contributed by atoms with Crippen LogP contribution in [0.1, 0.15) is 27.7 Å². The summed E-state index contributed by atoms with van der Waals surface area (Å²) in [6.45, 7) is 8.74. The van der Waals surface area contributed by atoms with Crippen molar-refractivity contribution in [3.8, 4) is 5.75 Å². The van der Waals surface area contributed by atoms with Gasteiger partial charge < -0.3 is 20.5 Å². The molecule has 1 aromatic carbocycles. The second kappa shape index (κ2) is 5.96. The average Bonchev–Trinajstić information content (AvgIpc) is 2.21. The monoisotopic (exact) mass is 252 g/mol. The van der Waals surface area contributed by atoms with Crippen molar-refractivity contribution < 1.29 is 9.47 Å². The van der Waals surface area contributed by atoms with E-state index in [9.17, 15) is 0 Å². The van der Waals surface area contributed by atoms with Crippen molar-refractivity contribution >= 4 is 11.4 Å². The first-order valence-corrected chi connectivity index (χ1v) is 6.17. The molecule has 0 fully saturated rings. The number of methoxy groups -OCH3 is 1. The quantitative estimate of drug-likeness (QED) is 0.764. The van der Waals surface area contributed by atoms with Crippen LogP contribution in [0.3, 0.4) is 0 Å². The maximum atomic E-state index is 5.88. The molecule has 0 aliphatic heterocycles. The van der Waals surface area contributed by atoms with Gasteiger partial charge in [-0.05, 0) is 39.8 Å². The fourth-order valence-electron chi connectivity index (χ4n) is 1.76. The van der Waals surface area contributed by atoms with E-state index in [-0.39, 0.29) is 11.6 Å². The standard InChI is InChI=1S/C14H24N2O2/c1-10(2)18-13-8-11(6-7-12(13)15)16-14(3,4)9-17-5/h6-8,10,16H,9,15H2,1-5H3. The second-order valence-corrected chi connectivity index (χ2v) is 5.36. The number of nitrogens with one attached hydrogen (secondary N) is 1. The number of benzene rings is 1. The largest absolute Gasteiger partial charge is 0.489 e. The summed E-state index contributed by atoms with van der Waals surface area (Å²) in [5.41, 5.74) is 7.37. The van der Waals surface area contributed by atoms with Crippen molar-refractivity contribution in [2.75, 3.05) is 24.8 Å².